The molecular weight excluding hydrogens is 284 g/mol. The summed E-state index contributed by atoms with van der Waals surface area (Å²) >= 11 is 0. The van der Waals surface area contributed by atoms with E-state index in [1.165, 1.54) is 0 Å². The Balaban J connectivity index is 2.14. The van der Waals surface area contributed by atoms with Crippen molar-refractivity contribution in [3.8, 4) is 0 Å². The van der Waals surface area contributed by atoms with Crippen molar-refractivity contribution in [1.29, 1.82) is 0 Å². The summed E-state index contributed by atoms with van der Waals surface area (Å²) in [5.41, 5.74) is 0. The van der Waals surface area contributed by atoms with Gasteiger partial charge in [-0.05, 0) is 26.2 Å². The van der Waals surface area contributed by atoms with Gasteiger partial charge in [0.25, 0.3) is 0 Å². The first-order valence-electron chi connectivity index (χ1n) is 8.24. The third kappa shape index (κ3) is 8.84. The minimum atomic E-state index is -0.0522. The van der Waals surface area contributed by atoms with E-state index in [9.17, 15) is 4.79 Å². The molecule has 0 saturated carbocycles. The standard InChI is InChI=1S/C15H30N4O3/c1-3-7-17-14(20)11-19-15(16-4-2)18-8-5-9-22-13-6-10-21-12-13/h13H,3-12H2,1-2H3,(H,17,20)(H2,16,18,19). The van der Waals surface area contributed by atoms with Gasteiger partial charge in [-0.3, -0.25) is 4.79 Å². The number of guanidine groups is 1. The highest BCUT2D eigenvalue weighted by Gasteiger charge is 2.15. The van der Waals surface area contributed by atoms with Crippen LogP contribution in [0, 0.1) is 0 Å². The van der Waals surface area contributed by atoms with Crippen molar-refractivity contribution in [2.75, 3.05) is 46.0 Å². The normalized spacial score (nSPS) is 18.3. The summed E-state index contributed by atoms with van der Waals surface area (Å²) in [5.74, 6) is 0.613. The van der Waals surface area contributed by atoms with Crippen molar-refractivity contribution in [2.45, 2.75) is 39.2 Å². The second kappa shape index (κ2) is 12.2. The SMILES string of the molecule is CCCNC(=O)CN=C(NCC)NCCCOC1CCOC1. The van der Waals surface area contributed by atoms with Crippen molar-refractivity contribution in [3.05, 3.63) is 0 Å². The van der Waals surface area contributed by atoms with Crippen LogP contribution in [0.2, 0.25) is 0 Å². The fraction of sp³-hybridized carbons (Fsp3) is 0.867. The predicted molar refractivity (Wildman–Crippen MR) is 87.1 cm³/mol. The molecule has 1 fully saturated rings. The summed E-state index contributed by atoms with van der Waals surface area (Å²) in [6.45, 7) is 8.61. The van der Waals surface area contributed by atoms with E-state index in [1.54, 1.807) is 0 Å². The Morgan fingerprint density at radius 1 is 1.27 bits per heavy atom. The summed E-state index contributed by atoms with van der Waals surface area (Å²) in [6.07, 6.45) is 3.07. The number of nitrogens with one attached hydrogen (secondary N) is 3. The Morgan fingerprint density at radius 3 is 2.82 bits per heavy atom. The molecule has 0 spiro atoms. The number of hydrogen-bond acceptors (Lipinski definition) is 4. The smallest absolute Gasteiger partial charge is 0.241 e. The molecule has 1 atom stereocenters. The molecule has 1 saturated heterocycles. The predicted octanol–water partition coefficient (Wildman–Crippen LogP) is 0.263. The van der Waals surface area contributed by atoms with Gasteiger partial charge in [-0.2, -0.15) is 0 Å². The molecule has 22 heavy (non-hydrogen) atoms. The van der Waals surface area contributed by atoms with E-state index in [4.69, 9.17) is 9.47 Å². The van der Waals surface area contributed by atoms with E-state index in [2.05, 4.69) is 20.9 Å². The number of aliphatic imine (C=N–C) groups is 1. The van der Waals surface area contributed by atoms with Crippen LogP contribution in [0.4, 0.5) is 0 Å². The monoisotopic (exact) mass is 314 g/mol. The van der Waals surface area contributed by atoms with Gasteiger partial charge in [0.2, 0.25) is 5.91 Å². The van der Waals surface area contributed by atoms with Crippen molar-refractivity contribution in [3.63, 3.8) is 0 Å². The molecule has 0 radical (unpaired) electrons. The van der Waals surface area contributed by atoms with Crippen LogP contribution in [0.15, 0.2) is 4.99 Å². The molecule has 7 nitrogen and oxygen atoms in total. The molecule has 1 heterocycles. The summed E-state index contributed by atoms with van der Waals surface area (Å²) < 4.78 is 11.0. The quantitative estimate of drug-likeness (QED) is 0.306. The summed E-state index contributed by atoms with van der Waals surface area (Å²) in [4.78, 5) is 15.8. The maximum atomic E-state index is 11.5. The number of carbonyl (C=O) groups excluding carboxylic acids is 1. The number of amides is 1. The Labute approximate surface area is 133 Å². The van der Waals surface area contributed by atoms with Gasteiger partial charge in [0.1, 0.15) is 6.54 Å². The molecule has 0 aromatic rings. The number of ether oxygens (including phenoxy) is 2. The third-order valence-corrected chi connectivity index (χ3v) is 3.15. The van der Waals surface area contributed by atoms with Crippen LogP contribution in [0.3, 0.4) is 0 Å². The zero-order chi connectivity index (χ0) is 16.0. The Morgan fingerprint density at radius 2 is 2.14 bits per heavy atom. The number of nitrogens with zero attached hydrogens (tertiary/aromatic N) is 1. The molecule has 7 heteroatoms. The Bertz CT molecular complexity index is 331. The van der Waals surface area contributed by atoms with E-state index < -0.39 is 0 Å². The average molecular weight is 314 g/mol. The first-order chi connectivity index (χ1) is 10.8. The molecule has 1 unspecified atom stereocenters. The molecule has 1 rings (SSSR count). The van der Waals surface area contributed by atoms with Crippen LogP contribution in [0.1, 0.15) is 33.1 Å². The molecule has 128 valence electrons. The Kier molecular flexibility index (Phi) is 10.4. The fourth-order valence-electron chi connectivity index (χ4n) is 1.99. The Hall–Kier alpha value is -1.34. The van der Waals surface area contributed by atoms with Gasteiger partial charge in [-0.1, -0.05) is 6.92 Å². The second-order valence-electron chi connectivity index (χ2n) is 5.18. The fourth-order valence-corrected chi connectivity index (χ4v) is 1.99. The average Bonchev–Trinajstić information content (AvgIpc) is 3.03. The highest BCUT2D eigenvalue weighted by Crippen LogP contribution is 2.07. The minimum Gasteiger partial charge on any atom is -0.379 e. The third-order valence-electron chi connectivity index (χ3n) is 3.15. The summed E-state index contributed by atoms with van der Waals surface area (Å²) in [5, 5.41) is 9.13. The maximum absolute atomic E-state index is 11.5. The van der Waals surface area contributed by atoms with Gasteiger partial charge < -0.3 is 25.4 Å². The summed E-state index contributed by atoms with van der Waals surface area (Å²) in [6, 6.07) is 0. The van der Waals surface area contributed by atoms with E-state index in [0.29, 0.717) is 25.7 Å². The number of rotatable bonds is 10. The second-order valence-corrected chi connectivity index (χ2v) is 5.18. The lowest BCUT2D eigenvalue weighted by Crippen LogP contribution is -2.39. The van der Waals surface area contributed by atoms with Gasteiger partial charge in [-0.15, -0.1) is 0 Å². The highest BCUT2D eigenvalue weighted by atomic mass is 16.5. The zero-order valence-corrected chi connectivity index (χ0v) is 13.8. The lowest BCUT2D eigenvalue weighted by molar-refractivity contribution is -0.119. The van der Waals surface area contributed by atoms with Gasteiger partial charge in [-0.25, -0.2) is 4.99 Å². The van der Waals surface area contributed by atoms with E-state index in [-0.39, 0.29) is 18.6 Å². The van der Waals surface area contributed by atoms with Crippen LogP contribution < -0.4 is 16.0 Å². The lowest BCUT2D eigenvalue weighted by atomic mass is 10.3. The minimum absolute atomic E-state index is 0.0522. The molecule has 0 bridgehead atoms. The van der Waals surface area contributed by atoms with Crippen molar-refractivity contribution >= 4 is 11.9 Å². The molecule has 0 aromatic heterocycles. The molecule has 1 amide bonds. The first-order valence-corrected chi connectivity index (χ1v) is 8.24. The van der Waals surface area contributed by atoms with Crippen molar-refractivity contribution in [1.82, 2.24) is 16.0 Å². The molecule has 3 N–H and O–H groups in total. The van der Waals surface area contributed by atoms with E-state index in [1.807, 2.05) is 13.8 Å². The van der Waals surface area contributed by atoms with Crippen LogP contribution >= 0.6 is 0 Å². The van der Waals surface area contributed by atoms with Crippen molar-refractivity contribution in [2.24, 2.45) is 4.99 Å². The largest absolute Gasteiger partial charge is 0.379 e. The van der Waals surface area contributed by atoms with E-state index >= 15 is 0 Å². The van der Waals surface area contributed by atoms with Gasteiger partial charge in [0, 0.05) is 32.8 Å². The molecule has 1 aliphatic rings. The van der Waals surface area contributed by atoms with Crippen LogP contribution in [-0.4, -0.2) is 64.0 Å². The van der Waals surface area contributed by atoms with E-state index in [0.717, 1.165) is 39.0 Å². The summed E-state index contributed by atoms with van der Waals surface area (Å²) in [7, 11) is 0. The zero-order valence-electron chi connectivity index (χ0n) is 13.8. The molecule has 1 aliphatic heterocycles. The highest BCUT2D eigenvalue weighted by molar-refractivity contribution is 5.84. The molecular formula is C15H30N4O3. The van der Waals surface area contributed by atoms with Gasteiger partial charge in [0.05, 0.1) is 12.7 Å². The van der Waals surface area contributed by atoms with Gasteiger partial charge >= 0.3 is 0 Å². The number of carbonyl (C=O) groups is 1. The number of hydrogen-bond donors (Lipinski definition) is 3. The topological polar surface area (TPSA) is 84.0 Å². The molecule has 0 aliphatic carbocycles. The van der Waals surface area contributed by atoms with Gasteiger partial charge in [0.15, 0.2) is 5.96 Å². The lowest BCUT2D eigenvalue weighted by Gasteiger charge is -2.12. The van der Waals surface area contributed by atoms with Crippen LogP contribution in [0.5, 0.6) is 0 Å². The molecule has 0 aromatic carbocycles. The van der Waals surface area contributed by atoms with Crippen LogP contribution in [-0.2, 0) is 14.3 Å². The van der Waals surface area contributed by atoms with Crippen molar-refractivity contribution < 1.29 is 14.3 Å². The van der Waals surface area contributed by atoms with Crippen LogP contribution in [0.25, 0.3) is 0 Å². The first kappa shape index (κ1) is 18.7. The maximum Gasteiger partial charge on any atom is 0.241 e.